The van der Waals surface area contributed by atoms with Gasteiger partial charge in [0.2, 0.25) is 0 Å². The van der Waals surface area contributed by atoms with Crippen molar-refractivity contribution >= 4 is 5.97 Å². The number of aromatic nitrogens is 1. The molecule has 0 aliphatic carbocycles. The van der Waals surface area contributed by atoms with Crippen LogP contribution in [0.2, 0.25) is 0 Å². The van der Waals surface area contributed by atoms with Crippen molar-refractivity contribution in [2.24, 2.45) is 0 Å². The summed E-state index contributed by atoms with van der Waals surface area (Å²) in [6, 6.07) is 21.7. The summed E-state index contributed by atoms with van der Waals surface area (Å²) < 4.78 is 13.3. The van der Waals surface area contributed by atoms with E-state index in [1.54, 1.807) is 36.4 Å². The maximum atomic E-state index is 12.9. The highest BCUT2D eigenvalue weighted by atomic mass is 16.5. The number of carboxylic acids is 1. The van der Waals surface area contributed by atoms with E-state index in [-0.39, 0.29) is 6.42 Å². The SMILES string of the molecule is O=C(O)Cc1ccc(-c2oc(=O)n3c2-c2ccccc2Oc2ccccc2-3)cc1. The van der Waals surface area contributed by atoms with Crippen LogP contribution in [-0.2, 0) is 11.2 Å². The Morgan fingerprint density at radius 1 is 0.897 bits per heavy atom. The molecule has 0 bridgehead atoms. The minimum Gasteiger partial charge on any atom is -0.481 e. The first-order valence-electron chi connectivity index (χ1n) is 9.05. The van der Waals surface area contributed by atoms with Crippen molar-refractivity contribution in [2.45, 2.75) is 6.42 Å². The van der Waals surface area contributed by atoms with Crippen molar-refractivity contribution in [1.82, 2.24) is 4.57 Å². The molecule has 0 fully saturated rings. The lowest BCUT2D eigenvalue weighted by molar-refractivity contribution is -0.136. The number of aliphatic carboxylic acids is 1. The first-order chi connectivity index (χ1) is 14.1. The van der Waals surface area contributed by atoms with Crippen LogP contribution in [0.3, 0.4) is 0 Å². The van der Waals surface area contributed by atoms with Crippen LogP contribution < -0.4 is 10.5 Å². The fourth-order valence-electron chi connectivity index (χ4n) is 3.58. The second kappa shape index (κ2) is 6.53. The maximum Gasteiger partial charge on any atom is 0.424 e. The molecule has 6 nitrogen and oxygen atoms in total. The Hall–Kier alpha value is -4.06. The summed E-state index contributed by atoms with van der Waals surface area (Å²) in [5.74, 6) is 0.174. The van der Waals surface area contributed by atoms with E-state index < -0.39 is 11.7 Å². The summed E-state index contributed by atoms with van der Waals surface area (Å²) >= 11 is 0. The van der Waals surface area contributed by atoms with Gasteiger partial charge >= 0.3 is 11.7 Å². The Bertz CT molecular complexity index is 1300. The molecule has 142 valence electrons. The Balaban J connectivity index is 1.77. The predicted octanol–water partition coefficient (Wildman–Crippen LogP) is 4.50. The normalized spacial score (nSPS) is 11.6. The van der Waals surface area contributed by atoms with Gasteiger partial charge in [0.05, 0.1) is 12.1 Å². The summed E-state index contributed by atoms with van der Waals surface area (Å²) in [5, 5.41) is 8.97. The van der Waals surface area contributed by atoms with Crippen LogP contribution in [0, 0.1) is 0 Å². The highest BCUT2D eigenvalue weighted by molar-refractivity contribution is 5.83. The molecule has 2 heterocycles. The summed E-state index contributed by atoms with van der Waals surface area (Å²) in [4.78, 5) is 23.8. The minimum atomic E-state index is -0.898. The number of hydrogen-bond acceptors (Lipinski definition) is 4. The van der Waals surface area contributed by atoms with Gasteiger partial charge in [0.25, 0.3) is 0 Å². The molecule has 1 aliphatic heterocycles. The first-order valence-corrected chi connectivity index (χ1v) is 9.05. The van der Waals surface area contributed by atoms with E-state index in [9.17, 15) is 9.59 Å². The third-order valence-corrected chi connectivity index (χ3v) is 4.85. The van der Waals surface area contributed by atoms with Crippen LogP contribution in [0.4, 0.5) is 0 Å². The third kappa shape index (κ3) is 2.82. The van der Waals surface area contributed by atoms with E-state index >= 15 is 0 Å². The van der Waals surface area contributed by atoms with E-state index in [0.717, 1.165) is 5.56 Å². The molecule has 5 rings (SSSR count). The molecule has 0 atom stereocenters. The monoisotopic (exact) mass is 385 g/mol. The van der Waals surface area contributed by atoms with Crippen LogP contribution >= 0.6 is 0 Å². The van der Waals surface area contributed by atoms with Gasteiger partial charge in [-0.1, -0.05) is 48.5 Å². The number of para-hydroxylation sites is 3. The van der Waals surface area contributed by atoms with Gasteiger partial charge < -0.3 is 14.3 Å². The lowest BCUT2D eigenvalue weighted by atomic mass is 10.0. The zero-order chi connectivity index (χ0) is 20.0. The van der Waals surface area contributed by atoms with E-state index in [2.05, 4.69) is 0 Å². The molecule has 3 aromatic carbocycles. The number of benzene rings is 3. The minimum absolute atomic E-state index is 0.0673. The van der Waals surface area contributed by atoms with E-state index in [4.69, 9.17) is 14.3 Å². The molecule has 0 spiro atoms. The number of oxazole rings is 1. The summed E-state index contributed by atoms with van der Waals surface area (Å²) in [7, 11) is 0. The zero-order valence-corrected chi connectivity index (χ0v) is 15.2. The van der Waals surface area contributed by atoms with Crippen molar-refractivity contribution in [3.63, 3.8) is 0 Å². The average Bonchev–Trinajstić information content (AvgIpc) is 2.97. The third-order valence-electron chi connectivity index (χ3n) is 4.85. The molecule has 4 aromatic rings. The molecule has 6 heteroatoms. The molecule has 1 aromatic heterocycles. The van der Waals surface area contributed by atoms with Crippen LogP contribution in [0.15, 0.2) is 82.0 Å². The smallest absolute Gasteiger partial charge is 0.424 e. The Morgan fingerprint density at radius 3 is 2.34 bits per heavy atom. The van der Waals surface area contributed by atoms with Crippen molar-refractivity contribution in [3.05, 3.63) is 88.9 Å². The first kappa shape index (κ1) is 17.1. The lowest BCUT2D eigenvalue weighted by Gasteiger charge is -2.08. The second-order valence-electron chi connectivity index (χ2n) is 6.71. The van der Waals surface area contributed by atoms with Crippen LogP contribution in [0.25, 0.3) is 28.3 Å². The molecule has 0 saturated carbocycles. The van der Waals surface area contributed by atoms with Gasteiger partial charge in [0, 0.05) is 11.1 Å². The summed E-state index contributed by atoms with van der Waals surface area (Å²) in [6.07, 6.45) is -0.0673. The topological polar surface area (TPSA) is 81.7 Å². The van der Waals surface area contributed by atoms with E-state index in [0.29, 0.717) is 39.8 Å². The van der Waals surface area contributed by atoms with Crippen LogP contribution in [-0.4, -0.2) is 15.6 Å². The zero-order valence-electron chi connectivity index (χ0n) is 15.2. The van der Waals surface area contributed by atoms with Gasteiger partial charge in [0.15, 0.2) is 11.5 Å². The number of nitrogens with zero attached hydrogens (tertiary/aromatic N) is 1. The number of ether oxygens (including phenoxy) is 1. The Morgan fingerprint density at radius 2 is 1.59 bits per heavy atom. The average molecular weight is 385 g/mol. The Kier molecular flexibility index (Phi) is 3.84. The molecule has 0 amide bonds. The van der Waals surface area contributed by atoms with Gasteiger partial charge in [0.1, 0.15) is 11.4 Å². The molecular formula is C23H15NO5. The highest BCUT2D eigenvalue weighted by Crippen LogP contribution is 2.44. The van der Waals surface area contributed by atoms with E-state index in [1.165, 1.54) is 4.57 Å². The van der Waals surface area contributed by atoms with Crippen LogP contribution in [0.1, 0.15) is 5.56 Å². The number of fused-ring (bicyclic) bond motifs is 5. The summed E-state index contributed by atoms with van der Waals surface area (Å²) in [5.41, 5.74) is 3.28. The number of carboxylic acid groups (broad SMARTS) is 1. The maximum absolute atomic E-state index is 12.9. The van der Waals surface area contributed by atoms with Crippen molar-refractivity contribution in [1.29, 1.82) is 0 Å². The van der Waals surface area contributed by atoms with Gasteiger partial charge in [-0.2, -0.15) is 0 Å². The Labute approximate surface area is 165 Å². The molecule has 1 aliphatic rings. The van der Waals surface area contributed by atoms with Gasteiger partial charge in [-0.05, 0) is 29.8 Å². The van der Waals surface area contributed by atoms with Crippen LogP contribution in [0.5, 0.6) is 11.5 Å². The number of carbonyl (C=O) groups is 1. The molecule has 0 saturated heterocycles. The molecule has 1 N–H and O–H groups in total. The highest BCUT2D eigenvalue weighted by Gasteiger charge is 2.28. The predicted molar refractivity (Wildman–Crippen MR) is 107 cm³/mol. The second-order valence-corrected chi connectivity index (χ2v) is 6.71. The lowest BCUT2D eigenvalue weighted by Crippen LogP contribution is -2.12. The standard InChI is InChI=1S/C23H15NO5/c25-20(26)13-14-9-11-15(12-10-14)22-21-16-5-1-3-7-18(16)28-19-8-4-2-6-17(19)24(21)23(27)29-22/h1-12H,13H2,(H,25,26). The van der Waals surface area contributed by atoms with Gasteiger partial charge in [-0.15, -0.1) is 0 Å². The molecule has 0 unspecified atom stereocenters. The largest absolute Gasteiger partial charge is 0.481 e. The fraction of sp³-hybridized carbons (Fsp3) is 0.0435. The quantitative estimate of drug-likeness (QED) is 0.495. The van der Waals surface area contributed by atoms with E-state index in [1.807, 2.05) is 36.4 Å². The van der Waals surface area contributed by atoms with Crippen molar-refractivity contribution in [2.75, 3.05) is 0 Å². The molecule has 29 heavy (non-hydrogen) atoms. The van der Waals surface area contributed by atoms with Crippen molar-refractivity contribution < 1.29 is 19.1 Å². The number of rotatable bonds is 3. The fourth-order valence-corrected chi connectivity index (χ4v) is 3.58. The van der Waals surface area contributed by atoms with Gasteiger partial charge in [-0.3, -0.25) is 4.79 Å². The van der Waals surface area contributed by atoms with Crippen molar-refractivity contribution in [3.8, 4) is 39.8 Å². The molecular weight excluding hydrogens is 370 g/mol. The van der Waals surface area contributed by atoms with Gasteiger partial charge in [-0.25, -0.2) is 9.36 Å². The molecule has 0 radical (unpaired) electrons. The summed E-state index contributed by atoms with van der Waals surface area (Å²) in [6.45, 7) is 0. The number of hydrogen-bond donors (Lipinski definition) is 1.